The minimum absolute atomic E-state index is 0.0330. The largest absolute Gasteiger partial charge is 0.464 e. The van der Waals surface area contributed by atoms with Gasteiger partial charge in [-0.05, 0) is 152 Å². The quantitative estimate of drug-likeness (QED) is 0.0420. The fourth-order valence-corrected chi connectivity index (χ4v) is 9.99. The van der Waals surface area contributed by atoms with E-state index in [4.69, 9.17) is 44.2 Å². The maximum atomic E-state index is 12.9. The van der Waals surface area contributed by atoms with Crippen LogP contribution >= 0.6 is 10.7 Å². The zero-order valence-corrected chi connectivity index (χ0v) is 49.2. The number of para-hydroxylation sites is 2. The van der Waals surface area contributed by atoms with Crippen LogP contribution in [0.4, 0.5) is 9.59 Å². The Morgan fingerprint density at radius 3 is 1.61 bits per heavy atom. The summed E-state index contributed by atoms with van der Waals surface area (Å²) in [6.45, 7) is 13.9. The number of amides is 2. The van der Waals surface area contributed by atoms with E-state index in [0.717, 1.165) is 36.2 Å². The van der Waals surface area contributed by atoms with Crippen LogP contribution in [-0.2, 0) is 28.0 Å². The number of benzene rings is 4. The first-order chi connectivity index (χ1) is 38.8. The lowest BCUT2D eigenvalue weighted by molar-refractivity contribution is 0.0275. The second-order valence-electron chi connectivity index (χ2n) is 22.0. The zero-order chi connectivity index (χ0) is 59.5. The number of fused-ring (bicyclic) bond motifs is 1. The van der Waals surface area contributed by atoms with Gasteiger partial charge in [-0.25, -0.2) is 46.9 Å². The fraction of sp³-hybridized carbons (Fsp3) is 0.424. The highest BCUT2D eigenvalue weighted by atomic mass is 35.7. The molecule has 23 heteroatoms. The number of halogens is 1. The molecule has 82 heavy (non-hydrogen) atoms. The molecule has 2 aromatic heterocycles. The number of nitrogens with two attached hydrogens (primary N) is 1. The number of rotatable bonds is 13. The van der Waals surface area contributed by atoms with Crippen molar-refractivity contribution < 1.29 is 61.1 Å². The predicted octanol–water partition coefficient (Wildman–Crippen LogP) is 10.2. The number of carbonyl (C=O) groups excluding carboxylic acids is 4. The van der Waals surface area contributed by atoms with Crippen LogP contribution in [0.15, 0.2) is 109 Å². The molecule has 4 aromatic carbocycles. The van der Waals surface area contributed by atoms with E-state index in [1.807, 2.05) is 126 Å². The molecule has 4 unspecified atom stereocenters. The first-order valence-electron chi connectivity index (χ1n) is 26.9. The standard InChI is InChI=1S/C29H36N4O6.C29H34N4O5.CH3ClO2S/c1-29(2,3)39-28(36)32-16-14-20(18-32)23(15-17-34)26-31-24(25(33(26)30)27(35)37-4)19-10-12-22(13-11-19)38-21-8-6-5-7-9-21;1-29(2,3)38-28(35)32-17-15-20(18-32)23-14-16-30-33-25(27(34)36-4)24(31-26(23)33)19-10-12-22(13-11-19)37-21-8-6-5-7-9-21;1-5(2,3)4/h5-13,20,23,34H,14-18,30H2,1-4H3;5-13,20,23,30H,14-18H2,1-4H3;1H3. The molecule has 2 fully saturated rings. The maximum Gasteiger partial charge on any atom is 0.410 e. The molecule has 440 valence electrons. The van der Waals surface area contributed by atoms with E-state index in [0.29, 0.717) is 91.3 Å². The summed E-state index contributed by atoms with van der Waals surface area (Å²) < 4.78 is 54.9. The van der Waals surface area contributed by atoms with E-state index < -0.39 is 32.2 Å². The van der Waals surface area contributed by atoms with Gasteiger partial charge in [-0.2, -0.15) is 0 Å². The molecular weight excluding hydrogens is 1100 g/mol. The summed E-state index contributed by atoms with van der Waals surface area (Å²) in [5.41, 5.74) is 5.03. The summed E-state index contributed by atoms with van der Waals surface area (Å²) in [5.74, 6) is 9.35. The van der Waals surface area contributed by atoms with Crippen LogP contribution in [0.2, 0.25) is 0 Å². The van der Waals surface area contributed by atoms with Crippen LogP contribution in [0.3, 0.4) is 0 Å². The third-order valence-corrected chi connectivity index (χ3v) is 13.5. The smallest absolute Gasteiger partial charge is 0.410 e. The van der Waals surface area contributed by atoms with Crippen molar-refractivity contribution in [1.29, 1.82) is 0 Å². The second-order valence-corrected chi connectivity index (χ2v) is 25.0. The summed E-state index contributed by atoms with van der Waals surface area (Å²) in [7, 11) is 3.97. The first kappa shape index (κ1) is 61.8. The van der Waals surface area contributed by atoms with Gasteiger partial charge >= 0.3 is 24.1 Å². The van der Waals surface area contributed by atoms with Crippen molar-refractivity contribution in [1.82, 2.24) is 29.1 Å². The van der Waals surface area contributed by atoms with Crippen molar-refractivity contribution in [2.75, 3.05) is 71.1 Å². The number of carbonyl (C=O) groups is 4. The molecule has 4 N–H and O–H groups in total. The molecule has 9 rings (SSSR count). The normalized spacial score (nSPS) is 17.1. The van der Waals surface area contributed by atoms with Crippen LogP contribution in [0.5, 0.6) is 23.0 Å². The summed E-state index contributed by atoms with van der Waals surface area (Å²) in [6, 6.07) is 33.7. The summed E-state index contributed by atoms with van der Waals surface area (Å²) in [6.07, 6.45) is 3.02. The molecule has 3 aliphatic heterocycles. The number of hydrogen-bond donors (Lipinski definition) is 3. The molecule has 0 radical (unpaired) electrons. The number of nitrogen functional groups attached to an aromatic ring is 1. The van der Waals surface area contributed by atoms with E-state index in [-0.39, 0.29) is 48.2 Å². The van der Waals surface area contributed by atoms with Gasteiger partial charge in [-0.3, -0.25) is 0 Å². The van der Waals surface area contributed by atoms with E-state index in [2.05, 4.69) is 16.1 Å². The fourth-order valence-electron chi connectivity index (χ4n) is 9.99. The van der Waals surface area contributed by atoms with Crippen LogP contribution in [0.1, 0.15) is 112 Å². The molecule has 0 bridgehead atoms. The Morgan fingerprint density at radius 1 is 0.683 bits per heavy atom. The van der Waals surface area contributed by atoms with Crippen molar-refractivity contribution in [3.63, 3.8) is 0 Å². The van der Waals surface area contributed by atoms with Crippen molar-refractivity contribution in [3.05, 3.63) is 132 Å². The summed E-state index contributed by atoms with van der Waals surface area (Å²) >= 11 is 0. The minimum atomic E-state index is -3.19. The van der Waals surface area contributed by atoms with Gasteiger partial charge in [0.1, 0.15) is 57.2 Å². The highest BCUT2D eigenvalue weighted by Crippen LogP contribution is 2.41. The predicted molar refractivity (Wildman–Crippen MR) is 310 cm³/mol. The van der Waals surface area contributed by atoms with Gasteiger partial charge in [0.15, 0.2) is 11.4 Å². The number of esters is 2. The average molecular weight is 1170 g/mol. The Balaban J connectivity index is 0.000000218. The van der Waals surface area contributed by atoms with Gasteiger partial charge < -0.3 is 54.6 Å². The average Bonchev–Trinajstić information content (AvgIpc) is 4.04. The third-order valence-electron chi connectivity index (χ3n) is 13.5. The molecule has 3 aliphatic rings. The molecule has 0 spiro atoms. The van der Waals surface area contributed by atoms with Crippen molar-refractivity contribution in [2.24, 2.45) is 11.8 Å². The Kier molecular flexibility index (Phi) is 20.2. The highest BCUT2D eigenvalue weighted by Gasteiger charge is 2.41. The topological polar surface area (TPSA) is 258 Å². The highest BCUT2D eigenvalue weighted by molar-refractivity contribution is 8.13. The number of hydrogen-bond acceptors (Lipinski definition) is 17. The van der Waals surface area contributed by atoms with Gasteiger partial charge in [0, 0.05) is 73.0 Å². The van der Waals surface area contributed by atoms with Crippen molar-refractivity contribution in [3.8, 4) is 45.5 Å². The lowest BCUT2D eigenvalue weighted by Crippen LogP contribution is -2.37. The number of imidazole rings is 2. The minimum Gasteiger partial charge on any atom is -0.464 e. The Labute approximate surface area is 482 Å². The number of nitrogens with zero attached hydrogens (tertiary/aromatic N) is 6. The van der Waals surface area contributed by atoms with Gasteiger partial charge in [0.25, 0.3) is 0 Å². The summed E-state index contributed by atoms with van der Waals surface area (Å²) in [4.78, 5) is 64.3. The molecule has 6 aromatic rings. The van der Waals surface area contributed by atoms with Crippen LogP contribution in [0.25, 0.3) is 22.5 Å². The number of likely N-dealkylation sites (tertiary alicyclic amines) is 2. The zero-order valence-electron chi connectivity index (χ0n) is 47.7. The van der Waals surface area contributed by atoms with Gasteiger partial charge in [0.05, 0.1) is 20.5 Å². The summed E-state index contributed by atoms with van der Waals surface area (Å²) in [5, 5.41) is 9.89. The molecule has 0 aliphatic carbocycles. The van der Waals surface area contributed by atoms with E-state index in [1.165, 1.54) is 18.9 Å². The van der Waals surface area contributed by atoms with Gasteiger partial charge in [0.2, 0.25) is 9.05 Å². The van der Waals surface area contributed by atoms with E-state index in [1.54, 1.807) is 38.7 Å². The third kappa shape index (κ3) is 16.4. The molecule has 2 amide bonds. The Bertz CT molecular complexity index is 3250. The van der Waals surface area contributed by atoms with Crippen molar-refractivity contribution in [2.45, 2.75) is 90.3 Å². The molecule has 0 saturated carbocycles. The number of aliphatic hydroxyl groups excluding tert-OH is 1. The molecular formula is C59H73ClN8O13S. The maximum absolute atomic E-state index is 12.9. The number of nitrogens with one attached hydrogen (secondary N) is 1. The monoisotopic (exact) mass is 1170 g/mol. The molecule has 5 heterocycles. The number of ether oxygens (including phenoxy) is 6. The molecule has 21 nitrogen and oxygen atoms in total. The van der Waals surface area contributed by atoms with Gasteiger partial charge in [-0.1, -0.05) is 36.4 Å². The SMILES string of the molecule is COC(=O)c1c(-c2ccc(Oc3ccccc3)cc2)nc(C(CCO)C2CCN(C(=O)OC(C)(C)C)C2)n1N.COC(=O)c1c(-c2ccc(Oc3ccccc3)cc2)nc2n1NCCC2C1CCN(C(=O)OC(C)(C)C)C1.CS(=O)(=O)Cl. The Hall–Kier alpha value is -7.82. The lowest BCUT2D eigenvalue weighted by Gasteiger charge is -2.30. The number of aromatic nitrogens is 4. The van der Waals surface area contributed by atoms with E-state index in [9.17, 15) is 32.7 Å². The van der Waals surface area contributed by atoms with Gasteiger partial charge in [-0.15, -0.1) is 0 Å². The van der Waals surface area contributed by atoms with Crippen molar-refractivity contribution >= 4 is 43.9 Å². The second kappa shape index (κ2) is 26.8. The van der Waals surface area contributed by atoms with Crippen LogP contribution in [-0.4, -0.2) is 138 Å². The first-order valence-corrected chi connectivity index (χ1v) is 29.6. The molecule has 2 saturated heterocycles. The number of methoxy groups -OCH3 is 2. The van der Waals surface area contributed by atoms with E-state index >= 15 is 0 Å². The number of aliphatic hydroxyl groups is 1. The lowest BCUT2D eigenvalue weighted by atomic mass is 9.87. The van der Waals surface area contributed by atoms with Crippen LogP contribution in [0, 0.1) is 11.8 Å². The Morgan fingerprint density at radius 2 is 1.13 bits per heavy atom. The molecule has 4 atom stereocenters. The van der Waals surface area contributed by atoms with Crippen LogP contribution < -0.4 is 20.7 Å².